The average Bonchev–Trinajstić information content (AvgIpc) is 2.20. The molecule has 0 heterocycles. The molecule has 78 valence electrons. The van der Waals surface area contributed by atoms with Gasteiger partial charge in [-0.1, -0.05) is 23.7 Å². The van der Waals surface area contributed by atoms with Gasteiger partial charge in [-0.2, -0.15) is 0 Å². The minimum Gasteiger partial charge on any atom is -0.394 e. The van der Waals surface area contributed by atoms with Gasteiger partial charge in [0.15, 0.2) is 0 Å². The molecule has 4 heteroatoms. The number of benzene rings is 1. The molecule has 1 rings (SSSR count). The molecular weight excluding hydrogens is 204 g/mol. The Balaban J connectivity index is 2.91. The van der Waals surface area contributed by atoms with Crippen molar-refractivity contribution in [3.05, 3.63) is 34.3 Å². The summed E-state index contributed by atoms with van der Waals surface area (Å²) in [7, 11) is 0. The van der Waals surface area contributed by atoms with Crippen LogP contribution >= 0.6 is 11.6 Å². The molecule has 0 amide bonds. The maximum absolute atomic E-state index is 9.54. The van der Waals surface area contributed by atoms with E-state index in [9.17, 15) is 10.2 Å². The van der Waals surface area contributed by atoms with E-state index in [4.69, 9.17) is 16.7 Å². The van der Waals surface area contributed by atoms with Gasteiger partial charge in [0.25, 0.3) is 0 Å². The molecule has 0 saturated heterocycles. The molecule has 0 spiro atoms. The lowest BCUT2D eigenvalue weighted by Gasteiger charge is -2.16. The molecule has 3 nitrogen and oxygen atoms in total. The maximum Gasteiger partial charge on any atom is 0.107 e. The van der Waals surface area contributed by atoms with Crippen molar-refractivity contribution < 1.29 is 15.3 Å². The van der Waals surface area contributed by atoms with Crippen molar-refractivity contribution in [1.82, 2.24) is 0 Å². The van der Waals surface area contributed by atoms with Crippen LogP contribution in [0.2, 0.25) is 5.02 Å². The van der Waals surface area contributed by atoms with Crippen LogP contribution in [0.15, 0.2) is 18.2 Å². The summed E-state index contributed by atoms with van der Waals surface area (Å²) in [6.07, 6.45) is -2.27. The molecule has 2 atom stereocenters. The molecule has 1 aromatic carbocycles. The molecule has 2 unspecified atom stereocenters. The summed E-state index contributed by atoms with van der Waals surface area (Å²) in [6, 6.07) is 5.01. The molecule has 14 heavy (non-hydrogen) atoms. The summed E-state index contributed by atoms with van der Waals surface area (Å²) in [5.41, 5.74) is 1.41. The van der Waals surface area contributed by atoms with Crippen molar-refractivity contribution in [2.75, 3.05) is 6.61 Å². The molecule has 0 aliphatic carbocycles. The topological polar surface area (TPSA) is 60.7 Å². The molecule has 0 fully saturated rings. The van der Waals surface area contributed by atoms with Crippen LogP contribution in [0.5, 0.6) is 0 Å². The van der Waals surface area contributed by atoms with Gasteiger partial charge in [-0.3, -0.25) is 0 Å². The van der Waals surface area contributed by atoms with E-state index in [0.717, 1.165) is 5.56 Å². The largest absolute Gasteiger partial charge is 0.394 e. The number of aryl methyl sites for hydroxylation is 1. The molecule has 0 aliphatic heterocycles. The van der Waals surface area contributed by atoms with E-state index in [-0.39, 0.29) is 0 Å². The lowest BCUT2D eigenvalue weighted by molar-refractivity contribution is -0.0152. The zero-order valence-corrected chi connectivity index (χ0v) is 8.57. The third kappa shape index (κ3) is 2.45. The third-order valence-electron chi connectivity index (χ3n) is 2.09. The minimum absolute atomic E-state index is 0.480. The minimum atomic E-state index is -1.17. The standard InChI is InChI=1S/C10H13ClO3/c1-6-2-3-7(4-8(6)11)10(14)9(13)5-12/h2-4,9-10,12-14H,5H2,1H3. The number of hydrogen-bond acceptors (Lipinski definition) is 3. The van der Waals surface area contributed by atoms with Crippen molar-refractivity contribution in [3.8, 4) is 0 Å². The second-order valence-electron chi connectivity index (χ2n) is 3.20. The van der Waals surface area contributed by atoms with Gasteiger partial charge in [-0.25, -0.2) is 0 Å². The average molecular weight is 217 g/mol. The molecule has 0 saturated carbocycles. The highest BCUT2D eigenvalue weighted by atomic mass is 35.5. The number of hydrogen-bond donors (Lipinski definition) is 3. The van der Waals surface area contributed by atoms with Gasteiger partial charge in [-0.05, 0) is 24.1 Å². The van der Waals surface area contributed by atoms with E-state index >= 15 is 0 Å². The van der Waals surface area contributed by atoms with Crippen LogP contribution in [-0.4, -0.2) is 28.0 Å². The Morgan fingerprint density at radius 1 is 1.36 bits per heavy atom. The van der Waals surface area contributed by atoms with Crippen LogP contribution in [-0.2, 0) is 0 Å². The number of halogens is 1. The first-order valence-electron chi connectivity index (χ1n) is 4.29. The summed E-state index contributed by atoms with van der Waals surface area (Å²) >= 11 is 5.85. The van der Waals surface area contributed by atoms with Gasteiger partial charge in [-0.15, -0.1) is 0 Å². The Morgan fingerprint density at radius 3 is 2.50 bits per heavy atom. The van der Waals surface area contributed by atoms with Gasteiger partial charge in [0, 0.05) is 5.02 Å². The first-order chi connectivity index (χ1) is 6.56. The van der Waals surface area contributed by atoms with Gasteiger partial charge in [0.1, 0.15) is 12.2 Å². The van der Waals surface area contributed by atoms with Crippen LogP contribution in [0, 0.1) is 6.92 Å². The Morgan fingerprint density at radius 2 is 2.00 bits per heavy atom. The van der Waals surface area contributed by atoms with E-state index < -0.39 is 18.8 Å². The molecule has 1 aromatic rings. The fourth-order valence-corrected chi connectivity index (χ4v) is 1.30. The molecule has 0 bridgehead atoms. The smallest absolute Gasteiger partial charge is 0.107 e. The monoisotopic (exact) mass is 216 g/mol. The second-order valence-corrected chi connectivity index (χ2v) is 3.61. The first kappa shape index (κ1) is 11.5. The third-order valence-corrected chi connectivity index (χ3v) is 2.50. The summed E-state index contributed by atoms with van der Waals surface area (Å²) in [5, 5.41) is 27.9. The second kappa shape index (κ2) is 4.75. The number of rotatable bonds is 3. The zero-order valence-electron chi connectivity index (χ0n) is 7.81. The van der Waals surface area contributed by atoms with E-state index in [1.807, 2.05) is 6.92 Å². The molecule has 0 aromatic heterocycles. The van der Waals surface area contributed by atoms with Crippen LogP contribution < -0.4 is 0 Å². The summed E-state index contributed by atoms with van der Waals surface area (Å²) in [4.78, 5) is 0. The van der Waals surface area contributed by atoms with E-state index in [1.54, 1.807) is 18.2 Å². The Bertz CT molecular complexity index is 314. The highest BCUT2D eigenvalue weighted by molar-refractivity contribution is 6.31. The predicted octanol–water partition coefficient (Wildman–Crippen LogP) is 1.04. The molecular formula is C10H13ClO3. The highest BCUT2D eigenvalue weighted by Gasteiger charge is 2.17. The molecule has 0 aliphatic rings. The first-order valence-corrected chi connectivity index (χ1v) is 4.67. The fourth-order valence-electron chi connectivity index (χ4n) is 1.12. The summed E-state index contributed by atoms with van der Waals surface area (Å²) < 4.78 is 0. The SMILES string of the molecule is Cc1ccc(C(O)C(O)CO)cc1Cl. The van der Waals surface area contributed by atoms with Gasteiger partial charge in [0.2, 0.25) is 0 Å². The molecule has 3 N–H and O–H groups in total. The van der Waals surface area contributed by atoms with Crippen molar-refractivity contribution in [2.45, 2.75) is 19.1 Å². The van der Waals surface area contributed by atoms with Gasteiger partial charge in [0.05, 0.1) is 6.61 Å². The van der Waals surface area contributed by atoms with Crippen LogP contribution in [0.4, 0.5) is 0 Å². The predicted molar refractivity (Wildman–Crippen MR) is 54.2 cm³/mol. The Kier molecular flexibility index (Phi) is 3.89. The number of aliphatic hydroxyl groups is 3. The zero-order chi connectivity index (χ0) is 10.7. The van der Waals surface area contributed by atoms with Crippen LogP contribution in [0.3, 0.4) is 0 Å². The molecule has 0 radical (unpaired) electrons. The van der Waals surface area contributed by atoms with Crippen molar-refractivity contribution in [2.24, 2.45) is 0 Å². The summed E-state index contributed by atoms with van der Waals surface area (Å²) in [5.74, 6) is 0. The van der Waals surface area contributed by atoms with E-state index in [1.165, 1.54) is 0 Å². The highest BCUT2D eigenvalue weighted by Crippen LogP contribution is 2.23. The van der Waals surface area contributed by atoms with Crippen molar-refractivity contribution >= 4 is 11.6 Å². The quantitative estimate of drug-likeness (QED) is 0.708. The Hall–Kier alpha value is -0.610. The Labute approximate surface area is 87.6 Å². The van der Waals surface area contributed by atoms with E-state index in [0.29, 0.717) is 10.6 Å². The lowest BCUT2D eigenvalue weighted by atomic mass is 10.0. The lowest BCUT2D eigenvalue weighted by Crippen LogP contribution is -2.21. The van der Waals surface area contributed by atoms with Crippen LogP contribution in [0.1, 0.15) is 17.2 Å². The summed E-state index contributed by atoms with van der Waals surface area (Å²) in [6.45, 7) is 1.37. The van der Waals surface area contributed by atoms with Crippen molar-refractivity contribution in [3.63, 3.8) is 0 Å². The van der Waals surface area contributed by atoms with E-state index in [2.05, 4.69) is 0 Å². The fraction of sp³-hybridized carbons (Fsp3) is 0.400. The normalized spacial score (nSPS) is 15.2. The number of aliphatic hydroxyl groups excluding tert-OH is 3. The van der Waals surface area contributed by atoms with Crippen LogP contribution in [0.25, 0.3) is 0 Å². The maximum atomic E-state index is 9.54. The van der Waals surface area contributed by atoms with Gasteiger partial charge >= 0.3 is 0 Å². The van der Waals surface area contributed by atoms with Gasteiger partial charge < -0.3 is 15.3 Å². The van der Waals surface area contributed by atoms with Crippen molar-refractivity contribution in [1.29, 1.82) is 0 Å².